The number of amides is 3. The Hall–Kier alpha value is -3.00. The number of aliphatic hydroxyl groups excluding tert-OH is 1. The molecule has 0 saturated heterocycles. The van der Waals surface area contributed by atoms with Crippen LogP contribution in [0.1, 0.15) is 138 Å². The number of nitrogens with one attached hydrogen (secondary N) is 3. The number of halogens is 11. The van der Waals surface area contributed by atoms with Crippen LogP contribution in [0.4, 0.5) is 39.5 Å². The van der Waals surface area contributed by atoms with E-state index < -0.39 is 107 Å². The number of carbonyl (C=O) groups is 4. The van der Waals surface area contributed by atoms with Gasteiger partial charge in [-0.1, -0.05) is 166 Å². The summed E-state index contributed by atoms with van der Waals surface area (Å²) in [7, 11) is -11.0. The summed E-state index contributed by atoms with van der Waals surface area (Å²) in [5, 5.41) is 51.4. The molecule has 582 valence electrons. The molecular weight excluding hydrogens is 1670 g/mol. The summed E-state index contributed by atoms with van der Waals surface area (Å²) in [5.74, 6) is 6.62. The summed E-state index contributed by atoms with van der Waals surface area (Å²) >= 11 is 7.75. The van der Waals surface area contributed by atoms with Crippen LogP contribution in [-0.2, 0) is 53.6 Å². The van der Waals surface area contributed by atoms with Crippen molar-refractivity contribution in [3.8, 4) is 36.0 Å². The Kier molecular flexibility index (Phi) is 61.1. The van der Waals surface area contributed by atoms with Gasteiger partial charge in [-0.25, -0.2) is 25.3 Å². The standard InChI is InChI=1S/C19H24F3NO4S.C17H25NO3S.C10H9BrF3NO3S.C10H9BrF3NOS.C9H16O.C2H6O.CH2O3.2K.H/c1-3-9-18(25,10-4-2)11-8-15-6-5-7-16(14-15)28(26,27)13-12-23-17(24)19(20,21)22;1-3-9-17(19,10-4-2)11-8-15-6-5-7-16(14-15)22(20,21)13-12-18;11-7-2-1-3-8(6-7)19(17,18)5-4-15-9(16)10(12,13)14;11-7-2-1-3-8(6-7)17-5-4-15-9(16)10(12,13)14;1-4-7-9(10,6-3)8-5-2;1-2-3;2-1-4-3;;;/h5-7,14,25H,3-4,9-10,12-13H2,1-2H3,(H,23,24);5-7,14,19H,3-4,9-10,12-13,18H2,1-2H3;1-3,6H,4-5H2,(H,15,16);1-3,6H,4-5H2,(H,15,16);3,10H,4-5,7-8H2,1-2H3;3H,2H2,1H3;1,3H;;;/q;;;;;;;2*+1;-1/p-1. The molecule has 0 atom stereocenters. The van der Waals surface area contributed by atoms with Gasteiger partial charge in [0.2, 0.25) is 0 Å². The Morgan fingerprint density at radius 3 is 1.13 bits per heavy atom. The topological polar surface area (TPSA) is 346 Å². The molecular formula is C68H91Br2F9K2N4O16S4. The van der Waals surface area contributed by atoms with E-state index in [1.165, 1.54) is 64.9 Å². The van der Waals surface area contributed by atoms with Gasteiger partial charge in [0.15, 0.2) is 29.5 Å². The molecule has 0 unspecified atom stereocenters. The number of sulfone groups is 3. The van der Waals surface area contributed by atoms with Crippen molar-refractivity contribution in [3.63, 3.8) is 0 Å². The molecule has 0 aliphatic rings. The van der Waals surface area contributed by atoms with Crippen molar-refractivity contribution in [1.82, 2.24) is 16.0 Å². The third kappa shape index (κ3) is 52.0. The molecule has 9 N–H and O–H groups in total. The van der Waals surface area contributed by atoms with Gasteiger partial charge in [-0.2, -0.15) is 39.5 Å². The number of thioether (sulfide) groups is 1. The largest absolute Gasteiger partial charge is 1.00 e. The zero-order chi connectivity index (χ0) is 79.8. The van der Waals surface area contributed by atoms with Crippen molar-refractivity contribution in [1.29, 1.82) is 0 Å². The van der Waals surface area contributed by atoms with Crippen molar-refractivity contribution in [2.45, 2.75) is 180 Å². The van der Waals surface area contributed by atoms with Crippen LogP contribution < -0.4 is 130 Å². The van der Waals surface area contributed by atoms with E-state index in [0.717, 1.165) is 60.7 Å². The Morgan fingerprint density at radius 1 is 0.543 bits per heavy atom. The van der Waals surface area contributed by atoms with Crippen molar-refractivity contribution >= 4 is 97.3 Å². The second-order valence-corrected chi connectivity index (χ2v) is 30.9. The zero-order valence-corrected chi connectivity index (χ0v) is 72.5. The minimum atomic E-state index is -5.06. The first-order valence-electron chi connectivity index (χ1n) is 31.7. The van der Waals surface area contributed by atoms with Crippen molar-refractivity contribution in [2.24, 2.45) is 5.73 Å². The Labute approximate surface area is 718 Å². The smallest absolute Gasteiger partial charge is 1.00 e. The molecule has 0 heterocycles. The first-order valence-corrected chi connectivity index (χ1v) is 39.2. The third-order valence-electron chi connectivity index (χ3n) is 12.6. The van der Waals surface area contributed by atoms with Gasteiger partial charge >= 0.3 is 139 Å². The van der Waals surface area contributed by atoms with Crippen LogP contribution in [0.15, 0.2) is 126 Å². The van der Waals surface area contributed by atoms with E-state index in [0.29, 0.717) is 47.0 Å². The summed E-state index contributed by atoms with van der Waals surface area (Å²) in [5.41, 5.74) is 3.30. The molecule has 20 nitrogen and oxygen atoms in total. The number of terminal acetylenes is 1. The number of benzene rings is 4. The molecule has 4 aromatic rings. The minimum absolute atomic E-state index is 0. The molecule has 0 aliphatic carbocycles. The monoisotopic (exact) mass is 1750 g/mol. The summed E-state index contributed by atoms with van der Waals surface area (Å²) in [6.07, 6.45) is -1.01. The molecule has 0 spiro atoms. The maximum Gasteiger partial charge on any atom is 1.00 e. The van der Waals surface area contributed by atoms with Crippen LogP contribution in [0, 0.1) is 36.0 Å². The predicted molar refractivity (Wildman–Crippen MR) is 382 cm³/mol. The molecule has 4 rings (SSSR count). The molecule has 3 amide bonds. The maximum absolute atomic E-state index is 12.3. The van der Waals surface area contributed by atoms with E-state index in [-0.39, 0.29) is 151 Å². The van der Waals surface area contributed by atoms with Gasteiger partial charge in [-0.3, -0.25) is 19.2 Å². The van der Waals surface area contributed by atoms with E-state index in [1.807, 2.05) is 71.1 Å². The predicted octanol–water partition coefficient (Wildman–Crippen LogP) is 4.55. The maximum atomic E-state index is 12.3. The second kappa shape index (κ2) is 58.0. The summed E-state index contributed by atoms with van der Waals surface area (Å²) in [4.78, 5) is 44.0. The average Bonchev–Trinajstić information content (AvgIpc) is 0.842. The van der Waals surface area contributed by atoms with Gasteiger partial charge in [-0.05, 0) is 118 Å². The minimum Gasteiger partial charge on any atom is -1.00 e. The van der Waals surface area contributed by atoms with Crippen LogP contribution in [-0.4, -0.2) is 161 Å². The van der Waals surface area contributed by atoms with Crippen molar-refractivity contribution < 1.29 is 219 Å². The average molecular weight is 1760 g/mol. The van der Waals surface area contributed by atoms with Crippen LogP contribution in [0.3, 0.4) is 0 Å². The van der Waals surface area contributed by atoms with Crippen LogP contribution in [0.2, 0.25) is 0 Å². The van der Waals surface area contributed by atoms with Crippen molar-refractivity contribution in [2.75, 3.05) is 55.8 Å². The molecule has 37 heteroatoms. The van der Waals surface area contributed by atoms with Gasteiger partial charge in [-0.15, -0.1) is 18.2 Å². The molecule has 0 saturated carbocycles. The SMILES string of the molecule is C#CC(O)(CCC)CCC.CCCC(O)(C#Cc1cccc(S(=O)(=O)CCN)c1)CCC.CCCC(O)(C#Cc1cccc(S(=O)(=O)CCNC(=O)C(F)(F)F)c1)CCC.CCO.O=C(NCCS(=O)(=O)c1cccc(Br)c1)C(F)(F)F.O=C(NCCSc1cccc(Br)c1)C(F)(F)F.O=CO[O-].[H-].[K+].[K+]. The quantitative estimate of drug-likeness (QED) is 0.00565. The molecule has 0 radical (unpaired) electrons. The molecule has 105 heavy (non-hydrogen) atoms. The van der Waals surface area contributed by atoms with Crippen LogP contribution >= 0.6 is 43.6 Å². The number of rotatable bonds is 28. The van der Waals surface area contributed by atoms with Crippen LogP contribution in [0.5, 0.6) is 0 Å². The van der Waals surface area contributed by atoms with Gasteiger partial charge in [0.25, 0.3) is 6.47 Å². The van der Waals surface area contributed by atoms with Gasteiger partial charge in [0.05, 0.1) is 31.9 Å². The van der Waals surface area contributed by atoms with Gasteiger partial charge in [0.1, 0.15) is 16.8 Å². The summed E-state index contributed by atoms with van der Waals surface area (Å²) < 4.78 is 181. The Morgan fingerprint density at radius 2 is 0.838 bits per heavy atom. The van der Waals surface area contributed by atoms with Crippen LogP contribution in [0.25, 0.3) is 0 Å². The number of hydrogen-bond acceptors (Lipinski definition) is 18. The number of nitrogens with two attached hydrogens (primary N) is 1. The number of aliphatic hydroxyl groups is 4. The summed E-state index contributed by atoms with van der Waals surface area (Å²) in [6, 6.07) is 25.3. The van der Waals surface area contributed by atoms with Gasteiger partial charge < -0.3 is 53.7 Å². The molecule has 0 aliphatic heterocycles. The first kappa shape index (κ1) is 111. The molecule has 0 aromatic heterocycles. The fraction of sp³-hybridized carbons (Fsp3) is 0.500. The number of carbonyl (C=O) groups excluding carboxylic acids is 4. The number of alkyl halides is 9. The van der Waals surface area contributed by atoms with E-state index >= 15 is 0 Å². The van der Waals surface area contributed by atoms with E-state index in [9.17, 15) is 94.5 Å². The Bertz CT molecular complexity index is 3720. The molecule has 0 bridgehead atoms. The Balaban J connectivity index is -0.000000293. The third-order valence-corrected chi connectivity index (χ3v) is 19.8. The first-order chi connectivity index (χ1) is 47.8. The summed E-state index contributed by atoms with van der Waals surface area (Å²) in [6.45, 7) is 12.5. The van der Waals surface area contributed by atoms with Gasteiger partial charge in [0, 0.05) is 63.5 Å². The van der Waals surface area contributed by atoms with E-state index in [4.69, 9.17) is 27.3 Å². The van der Waals surface area contributed by atoms with Crippen molar-refractivity contribution in [3.05, 3.63) is 117 Å². The second-order valence-electron chi connectivity index (χ2n) is 21.6. The van der Waals surface area contributed by atoms with E-state index in [1.54, 1.807) is 37.3 Å². The fourth-order valence-electron chi connectivity index (χ4n) is 8.12. The zero-order valence-electron chi connectivity index (χ0n) is 60.8. The normalized spacial score (nSPS) is 11.2. The van der Waals surface area contributed by atoms with E-state index in [2.05, 4.69) is 66.3 Å². The molecule has 4 aromatic carbocycles. The molecule has 0 fully saturated rings. The number of hydrogen-bond donors (Lipinski definition) is 8. The fourth-order valence-corrected chi connectivity index (χ4v) is 13.6.